The second-order valence-electron chi connectivity index (χ2n) is 3.65. The Balaban J connectivity index is 2.30. The van der Waals surface area contributed by atoms with Crippen molar-refractivity contribution in [3.8, 4) is 16.9 Å². The minimum atomic E-state index is -4.72. The van der Waals surface area contributed by atoms with Crippen molar-refractivity contribution >= 4 is 6.29 Å². The Labute approximate surface area is 106 Å². The van der Waals surface area contributed by atoms with Crippen molar-refractivity contribution in [2.45, 2.75) is 6.36 Å². The van der Waals surface area contributed by atoms with Crippen LogP contribution >= 0.6 is 0 Å². The van der Waals surface area contributed by atoms with Crippen LogP contribution in [-0.2, 0) is 0 Å². The van der Waals surface area contributed by atoms with E-state index in [2.05, 4.69) is 9.72 Å². The molecule has 0 bridgehead atoms. The molecule has 0 fully saturated rings. The van der Waals surface area contributed by atoms with Crippen LogP contribution in [0.1, 0.15) is 10.4 Å². The number of carbonyl (C=O) groups excluding carboxylic acids is 1. The Hall–Kier alpha value is -2.37. The van der Waals surface area contributed by atoms with Crippen LogP contribution in [0.3, 0.4) is 0 Å². The summed E-state index contributed by atoms with van der Waals surface area (Å²) < 4.78 is 39.8. The van der Waals surface area contributed by atoms with Crippen molar-refractivity contribution in [1.29, 1.82) is 0 Å². The first-order chi connectivity index (χ1) is 8.99. The molecule has 0 radical (unpaired) electrons. The summed E-state index contributed by atoms with van der Waals surface area (Å²) in [5.41, 5.74) is 1.58. The van der Waals surface area contributed by atoms with Crippen molar-refractivity contribution < 1.29 is 22.7 Å². The van der Waals surface area contributed by atoms with Gasteiger partial charge in [-0.25, -0.2) is 0 Å². The summed E-state index contributed by atoms with van der Waals surface area (Å²) in [4.78, 5) is 14.6. The largest absolute Gasteiger partial charge is 0.573 e. The third-order valence-electron chi connectivity index (χ3n) is 2.38. The molecule has 0 saturated heterocycles. The van der Waals surface area contributed by atoms with Crippen LogP contribution in [0.25, 0.3) is 11.1 Å². The van der Waals surface area contributed by atoms with Crippen molar-refractivity contribution in [1.82, 2.24) is 4.98 Å². The molecule has 0 spiro atoms. The van der Waals surface area contributed by atoms with E-state index in [0.29, 0.717) is 23.0 Å². The normalized spacial score (nSPS) is 11.1. The molecule has 98 valence electrons. The Bertz CT molecular complexity index is 579. The number of carbonyl (C=O) groups is 1. The molecule has 0 unspecified atom stereocenters. The smallest absolute Gasteiger partial charge is 0.406 e. The predicted octanol–water partition coefficient (Wildman–Crippen LogP) is 3.46. The fourth-order valence-electron chi connectivity index (χ4n) is 1.60. The lowest BCUT2D eigenvalue weighted by molar-refractivity contribution is -0.274. The van der Waals surface area contributed by atoms with Crippen LogP contribution in [-0.4, -0.2) is 17.6 Å². The van der Waals surface area contributed by atoms with Gasteiger partial charge in [-0.2, -0.15) is 0 Å². The maximum Gasteiger partial charge on any atom is 0.573 e. The molecule has 0 N–H and O–H groups in total. The van der Waals surface area contributed by atoms with Gasteiger partial charge in [0.1, 0.15) is 5.75 Å². The topological polar surface area (TPSA) is 39.2 Å². The van der Waals surface area contributed by atoms with E-state index >= 15 is 0 Å². The number of alkyl halides is 3. The van der Waals surface area contributed by atoms with Crippen molar-refractivity contribution in [3.63, 3.8) is 0 Å². The van der Waals surface area contributed by atoms with Gasteiger partial charge in [0.25, 0.3) is 0 Å². The van der Waals surface area contributed by atoms with Gasteiger partial charge in [0.05, 0.1) is 0 Å². The molecule has 0 aliphatic carbocycles. The molecule has 1 aromatic heterocycles. The van der Waals surface area contributed by atoms with E-state index in [9.17, 15) is 18.0 Å². The van der Waals surface area contributed by atoms with Crippen molar-refractivity contribution in [2.24, 2.45) is 0 Å². The summed E-state index contributed by atoms with van der Waals surface area (Å²) in [5, 5.41) is 0. The van der Waals surface area contributed by atoms with Gasteiger partial charge in [0.15, 0.2) is 6.29 Å². The lowest BCUT2D eigenvalue weighted by Gasteiger charge is -2.09. The summed E-state index contributed by atoms with van der Waals surface area (Å²) in [6, 6.07) is 6.89. The van der Waals surface area contributed by atoms with E-state index in [1.54, 1.807) is 6.07 Å². The van der Waals surface area contributed by atoms with Gasteiger partial charge in [-0.3, -0.25) is 9.78 Å². The number of halogens is 3. The Morgan fingerprint density at radius 3 is 2.37 bits per heavy atom. The number of aromatic nitrogens is 1. The zero-order valence-corrected chi connectivity index (χ0v) is 9.52. The number of benzene rings is 1. The summed E-state index contributed by atoms with van der Waals surface area (Å²) >= 11 is 0. The van der Waals surface area contributed by atoms with E-state index in [1.165, 1.54) is 36.7 Å². The van der Waals surface area contributed by atoms with Crippen LogP contribution in [0.5, 0.6) is 5.75 Å². The van der Waals surface area contributed by atoms with Gasteiger partial charge in [-0.15, -0.1) is 13.2 Å². The lowest BCUT2D eigenvalue weighted by Crippen LogP contribution is -2.16. The Morgan fingerprint density at radius 2 is 1.79 bits per heavy atom. The average molecular weight is 267 g/mol. The van der Waals surface area contributed by atoms with E-state index in [0.717, 1.165) is 0 Å². The molecular weight excluding hydrogens is 259 g/mol. The SMILES string of the molecule is O=Cc1cnccc1-c1ccc(OC(F)(F)F)cc1. The number of nitrogens with zero attached hydrogens (tertiary/aromatic N) is 1. The van der Waals surface area contributed by atoms with Crippen LogP contribution in [0.2, 0.25) is 0 Å². The number of hydrogen-bond acceptors (Lipinski definition) is 3. The molecule has 2 rings (SSSR count). The van der Waals surface area contributed by atoms with Crippen LogP contribution < -0.4 is 4.74 Å². The molecule has 1 heterocycles. The first-order valence-corrected chi connectivity index (χ1v) is 5.25. The average Bonchev–Trinajstić information content (AvgIpc) is 2.38. The Kier molecular flexibility index (Phi) is 3.50. The fourth-order valence-corrected chi connectivity index (χ4v) is 1.60. The third kappa shape index (κ3) is 3.31. The summed E-state index contributed by atoms with van der Waals surface area (Å²) in [7, 11) is 0. The zero-order chi connectivity index (χ0) is 13.9. The number of pyridine rings is 1. The van der Waals surface area contributed by atoms with Gasteiger partial charge < -0.3 is 4.74 Å². The number of hydrogen-bond donors (Lipinski definition) is 0. The van der Waals surface area contributed by atoms with Crippen molar-refractivity contribution in [2.75, 3.05) is 0 Å². The highest BCUT2D eigenvalue weighted by atomic mass is 19.4. The molecule has 1 aromatic carbocycles. The van der Waals surface area contributed by atoms with Gasteiger partial charge in [0, 0.05) is 18.0 Å². The summed E-state index contributed by atoms with van der Waals surface area (Å²) in [6.07, 6.45) is -1.18. The van der Waals surface area contributed by atoms with E-state index in [-0.39, 0.29) is 5.75 Å². The molecule has 0 amide bonds. The molecule has 0 aliphatic rings. The second-order valence-corrected chi connectivity index (χ2v) is 3.65. The lowest BCUT2D eigenvalue weighted by atomic mass is 10.0. The molecule has 0 atom stereocenters. The zero-order valence-electron chi connectivity index (χ0n) is 9.52. The highest BCUT2D eigenvalue weighted by Crippen LogP contribution is 2.27. The number of rotatable bonds is 3. The molecule has 0 aliphatic heterocycles. The highest BCUT2D eigenvalue weighted by molar-refractivity contribution is 5.86. The number of ether oxygens (including phenoxy) is 1. The highest BCUT2D eigenvalue weighted by Gasteiger charge is 2.30. The first kappa shape index (κ1) is 13.1. The molecule has 0 saturated carbocycles. The quantitative estimate of drug-likeness (QED) is 0.799. The summed E-state index contributed by atoms with van der Waals surface area (Å²) in [5.74, 6) is -0.307. The standard InChI is InChI=1S/C13H8F3NO2/c14-13(15,16)19-11-3-1-9(2-4-11)12-5-6-17-7-10(12)8-18/h1-8H. The molecular formula is C13H8F3NO2. The maximum atomic E-state index is 12.0. The molecule has 3 nitrogen and oxygen atoms in total. The Morgan fingerprint density at radius 1 is 1.11 bits per heavy atom. The molecule has 6 heteroatoms. The number of aldehydes is 1. The van der Waals surface area contributed by atoms with Gasteiger partial charge in [0.2, 0.25) is 0 Å². The maximum absolute atomic E-state index is 12.0. The van der Waals surface area contributed by atoms with Crippen LogP contribution in [0.4, 0.5) is 13.2 Å². The van der Waals surface area contributed by atoms with Crippen LogP contribution in [0, 0.1) is 0 Å². The van der Waals surface area contributed by atoms with Gasteiger partial charge in [-0.1, -0.05) is 12.1 Å². The van der Waals surface area contributed by atoms with Gasteiger partial charge >= 0.3 is 6.36 Å². The van der Waals surface area contributed by atoms with Gasteiger partial charge in [-0.05, 0) is 29.3 Å². The van der Waals surface area contributed by atoms with E-state index in [4.69, 9.17) is 0 Å². The molecule has 2 aromatic rings. The first-order valence-electron chi connectivity index (χ1n) is 5.25. The minimum absolute atomic E-state index is 0.307. The monoisotopic (exact) mass is 267 g/mol. The predicted molar refractivity (Wildman–Crippen MR) is 61.7 cm³/mol. The van der Waals surface area contributed by atoms with E-state index in [1.807, 2.05) is 0 Å². The van der Waals surface area contributed by atoms with Crippen molar-refractivity contribution in [3.05, 3.63) is 48.3 Å². The van der Waals surface area contributed by atoms with E-state index < -0.39 is 6.36 Å². The third-order valence-corrected chi connectivity index (χ3v) is 2.38. The second kappa shape index (κ2) is 5.09. The fraction of sp³-hybridized carbons (Fsp3) is 0.0769. The summed E-state index contributed by atoms with van der Waals surface area (Å²) in [6.45, 7) is 0. The minimum Gasteiger partial charge on any atom is -0.406 e. The molecule has 19 heavy (non-hydrogen) atoms. The van der Waals surface area contributed by atoms with Crippen LogP contribution in [0.15, 0.2) is 42.7 Å².